The molecule has 0 atom stereocenters. The predicted octanol–water partition coefficient (Wildman–Crippen LogP) is 2.66. The van der Waals surface area contributed by atoms with Crippen molar-refractivity contribution in [3.8, 4) is 6.07 Å². The molecule has 0 aromatic heterocycles. The van der Waals surface area contributed by atoms with Crippen molar-refractivity contribution in [2.75, 3.05) is 14.1 Å². The molecule has 1 N–H and O–H groups in total. The topological polar surface area (TPSA) is 39.1 Å². The number of hydrogen-bond acceptors (Lipinski definition) is 3. The van der Waals surface area contributed by atoms with Crippen molar-refractivity contribution in [2.24, 2.45) is 0 Å². The smallest absolute Gasteiger partial charge is 0.123 e. The Morgan fingerprint density at radius 2 is 2.05 bits per heavy atom. The van der Waals surface area contributed by atoms with Gasteiger partial charge in [0.25, 0.3) is 0 Å². The van der Waals surface area contributed by atoms with Crippen molar-refractivity contribution < 1.29 is 4.39 Å². The van der Waals surface area contributed by atoms with Crippen LogP contribution in [0.15, 0.2) is 18.2 Å². The van der Waals surface area contributed by atoms with Gasteiger partial charge in [-0.25, -0.2) is 4.39 Å². The second-order valence-electron chi connectivity index (χ2n) is 5.62. The van der Waals surface area contributed by atoms with Crippen LogP contribution >= 0.6 is 0 Å². The average molecular weight is 275 g/mol. The number of hydrogen-bond donors (Lipinski definition) is 1. The van der Waals surface area contributed by atoms with Crippen molar-refractivity contribution in [1.29, 1.82) is 5.26 Å². The Morgan fingerprint density at radius 3 is 2.65 bits per heavy atom. The molecule has 1 aromatic carbocycles. The van der Waals surface area contributed by atoms with E-state index < -0.39 is 0 Å². The predicted molar refractivity (Wildman–Crippen MR) is 77.7 cm³/mol. The van der Waals surface area contributed by atoms with Gasteiger partial charge in [0.2, 0.25) is 0 Å². The molecule has 1 aliphatic carbocycles. The maximum Gasteiger partial charge on any atom is 0.123 e. The number of nitrogens with zero attached hydrogens (tertiary/aromatic N) is 2. The molecule has 0 radical (unpaired) electrons. The maximum atomic E-state index is 13.3. The molecule has 20 heavy (non-hydrogen) atoms. The van der Waals surface area contributed by atoms with E-state index in [4.69, 9.17) is 5.26 Å². The summed E-state index contributed by atoms with van der Waals surface area (Å²) in [5.41, 5.74) is 1.35. The van der Waals surface area contributed by atoms with Gasteiger partial charge < -0.3 is 5.32 Å². The molecular weight excluding hydrogens is 253 g/mol. The monoisotopic (exact) mass is 275 g/mol. The second kappa shape index (κ2) is 6.83. The van der Waals surface area contributed by atoms with E-state index in [-0.39, 0.29) is 5.82 Å². The minimum absolute atomic E-state index is 0.272. The third-order valence-corrected chi connectivity index (χ3v) is 4.34. The summed E-state index contributed by atoms with van der Waals surface area (Å²) in [5.74, 6) is -0.272. The molecule has 0 amide bonds. The molecule has 1 saturated carbocycles. The number of halogens is 1. The number of nitrogens with one attached hydrogen (secondary N) is 1. The van der Waals surface area contributed by atoms with Crippen molar-refractivity contribution >= 4 is 0 Å². The second-order valence-corrected chi connectivity index (χ2v) is 5.62. The number of benzene rings is 1. The summed E-state index contributed by atoms with van der Waals surface area (Å²) in [7, 11) is 4.08. The van der Waals surface area contributed by atoms with Gasteiger partial charge in [0, 0.05) is 18.6 Å². The van der Waals surface area contributed by atoms with Gasteiger partial charge >= 0.3 is 0 Å². The van der Waals surface area contributed by atoms with Crippen LogP contribution in [-0.2, 0) is 6.54 Å². The first kappa shape index (κ1) is 15.0. The van der Waals surface area contributed by atoms with Crippen LogP contribution in [0.1, 0.15) is 36.8 Å². The van der Waals surface area contributed by atoms with Crippen LogP contribution in [0.4, 0.5) is 4.39 Å². The highest BCUT2D eigenvalue weighted by atomic mass is 19.1. The van der Waals surface area contributed by atoms with Gasteiger partial charge in [0.15, 0.2) is 0 Å². The molecule has 0 bridgehead atoms. The van der Waals surface area contributed by atoms with Crippen molar-refractivity contribution in [3.63, 3.8) is 0 Å². The van der Waals surface area contributed by atoms with Gasteiger partial charge in [0.1, 0.15) is 5.82 Å². The van der Waals surface area contributed by atoms with E-state index in [0.29, 0.717) is 24.2 Å². The molecule has 0 saturated heterocycles. The summed E-state index contributed by atoms with van der Waals surface area (Å²) in [5, 5.41) is 12.4. The molecule has 4 heteroatoms. The van der Waals surface area contributed by atoms with Crippen LogP contribution in [0.25, 0.3) is 0 Å². The first-order valence-electron chi connectivity index (χ1n) is 7.20. The van der Waals surface area contributed by atoms with Crippen molar-refractivity contribution in [2.45, 2.75) is 44.3 Å². The summed E-state index contributed by atoms with van der Waals surface area (Å²) in [6.07, 6.45) is 4.66. The minimum Gasteiger partial charge on any atom is -0.317 e. The van der Waals surface area contributed by atoms with Crippen LogP contribution < -0.4 is 5.32 Å². The lowest BCUT2D eigenvalue weighted by Gasteiger charge is -2.34. The highest BCUT2D eigenvalue weighted by molar-refractivity contribution is 5.37. The van der Waals surface area contributed by atoms with E-state index in [1.807, 2.05) is 7.05 Å². The van der Waals surface area contributed by atoms with Crippen LogP contribution in [0.3, 0.4) is 0 Å². The van der Waals surface area contributed by atoms with Gasteiger partial charge in [-0.2, -0.15) is 5.26 Å². The third kappa shape index (κ3) is 3.56. The van der Waals surface area contributed by atoms with Crippen LogP contribution in [0.2, 0.25) is 0 Å². The fourth-order valence-electron chi connectivity index (χ4n) is 3.01. The number of nitriles is 1. The third-order valence-electron chi connectivity index (χ3n) is 4.34. The zero-order valence-corrected chi connectivity index (χ0v) is 12.2. The summed E-state index contributed by atoms with van der Waals surface area (Å²) in [4.78, 5) is 2.25. The molecular formula is C16H22FN3. The first-order valence-corrected chi connectivity index (χ1v) is 7.20. The van der Waals surface area contributed by atoms with E-state index in [2.05, 4.69) is 23.3 Å². The Morgan fingerprint density at radius 1 is 1.35 bits per heavy atom. The quantitative estimate of drug-likeness (QED) is 0.918. The molecule has 0 aliphatic heterocycles. The van der Waals surface area contributed by atoms with Crippen LogP contribution in [0, 0.1) is 17.1 Å². The summed E-state index contributed by atoms with van der Waals surface area (Å²) in [6, 6.07) is 7.69. The molecule has 0 heterocycles. The zero-order valence-electron chi connectivity index (χ0n) is 12.2. The van der Waals surface area contributed by atoms with Crippen LogP contribution in [0.5, 0.6) is 0 Å². The van der Waals surface area contributed by atoms with E-state index >= 15 is 0 Å². The van der Waals surface area contributed by atoms with Gasteiger partial charge in [-0.3, -0.25) is 4.90 Å². The summed E-state index contributed by atoms with van der Waals surface area (Å²) >= 11 is 0. The van der Waals surface area contributed by atoms with E-state index in [1.165, 1.54) is 25.0 Å². The Hall–Kier alpha value is -1.44. The standard InChI is InChI=1S/C16H22FN3/c1-19-15-5-7-16(8-6-15)20(2)11-13-9-14(17)4-3-12(13)10-18/h3-4,9,15-16,19H,5-8,11H2,1-2H3. The molecule has 2 rings (SSSR count). The molecule has 1 aliphatic rings. The molecule has 1 aromatic rings. The largest absolute Gasteiger partial charge is 0.317 e. The van der Waals surface area contributed by atoms with E-state index in [1.54, 1.807) is 6.07 Å². The molecule has 0 unspecified atom stereocenters. The van der Waals surface area contributed by atoms with Gasteiger partial charge in [0.05, 0.1) is 11.6 Å². The zero-order chi connectivity index (χ0) is 14.5. The molecule has 1 fully saturated rings. The normalized spacial score (nSPS) is 22.8. The average Bonchev–Trinajstić information content (AvgIpc) is 2.47. The van der Waals surface area contributed by atoms with Crippen molar-refractivity contribution in [3.05, 3.63) is 35.1 Å². The highest BCUT2D eigenvalue weighted by Crippen LogP contribution is 2.24. The molecule has 3 nitrogen and oxygen atoms in total. The lowest BCUT2D eigenvalue weighted by Crippen LogP contribution is -2.39. The van der Waals surface area contributed by atoms with Crippen LogP contribution in [-0.4, -0.2) is 31.1 Å². The SMILES string of the molecule is CNC1CCC(N(C)Cc2cc(F)ccc2C#N)CC1. The fourth-order valence-corrected chi connectivity index (χ4v) is 3.01. The maximum absolute atomic E-state index is 13.3. The summed E-state index contributed by atoms with van der Waals surface area (Å²) < 4.78 is 13.3. The highest BCUT2D eigenvalue weighted by Gasteiger charge is 2.23. The van der Waals surface area contributed by atoms with Gasteiger partial charge in [-0.1, -0.05) is 0 Å². The summed E-state index contributed by atoms with van der Waals surface area (Å²) in [6.45, 7) is 0.634. The minimum atomic E-state index is -0.272. The molecule has 0 spiro atoms. The lowest BCUT2D eigenvalue weighted by atomic mass is 9.90. The van der Waals surface area contributed by atoms with E-state index in [0.717, 1.165) is 18.4 Å². The Bertz CT molecular complexity index is 487. The van der Waals surface area contributed by atoms with E-state index in [9.17, 15) is 4.39 Å². The Balaban J connectivity index is 2.00. The van der Waals surface area contributed by atoms with Crippen molar-refractivity contribution in [1.82, 2.24) is 10.2 Å². The first-order chi connectivity index (χ1) is 9.63. The number of rotatable bonds is 4. The fraction of sp³-hybridized carbons (Fsp3) is 0.562. The molecule has 108 valence electrons. The Labute approximate surface area is 120 Å². The van der Waals surface area contributed by atoms with Gasteiger partial charge in [-0.15, -0.1) is 0 Å². The lowest BCUT2D eigenvalue weighted by molar-refractivity contribution is 0.169. The Kier molecular flexibility index (Phi) is 5.11. The van der Waals surface area contributed by atoms with Gasteiger partial charge in [-0.05, 0) is 63.5 Å².